The lowest BCUT2D eigenvalue weighted by Crippen LogP contribution is -2.51. The minimum absolute atomic E-state index is 0.0259. The van der Waals surface area contributed by atoms with Crippen molar-refractivity contribution in [2.75, 3.05) is 31.1 Å². The normalized spacial score (nSPS) is 13.9. The number of rotatable bonds is 5. The molecular weight excluding hydrogens is 471 g/mol. The number of carbonyl (C=O) groups excluding carboxylic acids is 2. The van der Waals surface area contributed by atoms with Crippen molar-refractivity contribution < 1.29 is 14.0 Å². The molecule has 5 aromatic heterocycles. The van der Waals surface area contributed by atoms with Gasteiger partial charge in [0.25, 0.3) is 17.6 Å². The highest BCUT2D eigenvalue weighted by Crippen LogP contribution is 2.26. The number of nitrogens with one attached hydrogen (secondary N) is 1. The van der Waals surface area contributed by atoms with Crippen molar-refractivity contribution in [2.45, 2.75) is 0 Å². The van der Waals surface area contributed by atoms with Crippen LogP contribution in [0, 0.1) is 5.82 Å². The van der Waals surface area contributed by atoms with E-state index in [1.807, 2.05) is 11.0 Å². The van der Waals surface area contributed by atoms with E-state index in [4.69, 9.17) is 0 Å². The van der Waals surface area contributed by atoms with Gasteiger partial charge < -0.3 is 14.8 Å². The summed E-state index contributed by atoms with van der Waals surface area (Å²) in [5.74, 6) is -0.959. The molecule has 1 N–H and O–H groups in total. The number of Topliss-reactive ketones (excluding diaryl/α,β-unsaturated/α-hetero) is 1. The lowest BCUT2D eigenvalue weighted by Gasteiger charge is -2.34. The summed E-state index contributed by atoms with van der Waals surface area (Å²) >= 11 is 0. The molecule has 180 valence electrons. The van der Waals surface area contributed by atoms with Crippen LogP contribution >= 0.6 is 0 Å². The maximum Gasteiger partial charge on any atom is 0.295 e. The fourth-order valence-electron chi connectivity index (χ4n) is 4.14. The average Bonchev–Trinajstić information content (AvgIpc) is 3.70. The molecule has 0 atom stereocenters. The second-order valence-corrected chi connectivity index (χ2v) is 7.92. The number of aromatic nitrogens is 10. The first-order valence-electron chi connectivity index (χ1n) is 10.9. The summed E-state index contributed by atoms with van der Waals surface area (Å²) in [6.07, 6.45) is 6.93. The van der Waals surface area contributed by atoms with Gasteiger partial charge in [-0.1, -0.05) is 16.4 Å². The molecule has 6 heterocycles. The lowest BCUT2D eigenvalue weighted by molar-refractivity contribution is -0.126. The molecule has 0 aliphatic carbocycles. The Bertz CT molecular complexity index is 1550. The van der Waals surface area contributed by atoms with Crippen LogP contribution in [0.4, 0.5) is 10.3 Å². The van der Waals surface area contributed by atoms with Gasteiger partial charge >= 0.3 is 0 Å². The van der Waals surface area contributed by atoms with Crippen molar-refractivity contribution in [1.29, 1.82) is 0 Å². The van der Waals surface area contributed by atoms with E-state index in [1.165, 1.54) is 32.9 Å². The minimum Gasteiger partial charge on any atom is -0.357 e. The van der Waals surface area contributed by atoms with Crippen LogP contribution in [0.3, 0.4) is 0 Å². The summed E-state index contributed by atoms with van der Waals surface area (Å²) in [4.78, 5) is 40.7. The fraction of sp³-hybridized carbons (Fsp3) is 0.190. The van der Waals surface area contributed by atoms with E-state index in [0.717, 1.165) is 6.20 Å². The SMILES string of the molecule is O=C(C(=O)N1CCN(c2nnnn2-c2ccccn2)CC1)c1c[nH]c2c(-n3ccnn3)ncc(F)c12. The number of carbonyl (C=O) groups is 2. The maximum atomic E-state index is 14.7. The molecule has 1 fully saturated rings. The average molecular weight is 488 g/mol. The summed E-state index contributed by atoms with van der Waals surface area (Å²) in [7, 11) is 0. The smallest absolute Gasteiger partial charge is 0.295 e. The summed E-state index contributed by atoms with van der Waals surface area (Å²) in [6.45, 7) is 1.32. The molecule has 1 aliphatic heterocycles. The van der Waals surface area contributed by atoms with Crippen molar-refractivity contribution in [1.82, 2.24) is 55.1 Å². The summed E-state index contributed by atoms with van der Waals surface area (Å²) in [6, 6.07) is 5.40. The van der Waals surface area contributed by atoms with E-state index in [0.29, 0.717) is 24.9 Å². The first kappa shape index (κ1) is 21.5. The van der Waals surface area contributed by atoms with Crippen LogP contribution in [-0.4, -0.2) is 92.9 Å². The Labute approximate surface area is 201 Å². The molecule has 0 spiro atoms. The van der Waals surface area contributed by atoms with Crippen LogP contribution in [0.15, 0.2) is 49.2 Å². The molecule has 0 saturated carbocycles. The van der Waals surface area contributed by atoms with Gasteiger partial charge in [-0.15, -0.1) is 5.10 Å². The third-order valence-electron chi connectivity index (χ3n) is 5.89. The number of amides is 1. The highest BCUT2D eigenvalue weighted by molar-refractivity contribution is 6.45. The van der Waals surface area contributed by atoms with Crippen molar-refractivity contribution in [3.63, 3.8) is 0 Å². The minimum atomic E-state index is -0.817. The maximum absolute atomic E-state index is 14.7. The van der Waals surface area contributed by atoms with Crippen molar-refractivity contribution in [3.8, 4) is 11.6 Å². The molecule has 0 aromatic carbocycles. The Morgan fingerprint density at radius 3 is 2.64 bits per heavy atom. The molecule has 0 bridgehead atoms. The molecular formula is C21H17FN12O2. The fourth-order valence-corrected chi connectivity index (χ4v) is 4.14. The van der Waals surface area contributed by atoms with Crippen LogP contribution in [0.2, 0.25) is 0 Å². The Balaban J connectivity index is 1.21. The number of halogens is 1. The van der Waals surface area contributed by atoms with Gasteiger partial charge in [0.05, 0.1) is 35.1 Å². The summed E-state index contributed by atoms with van der Waals surface area (Å²) in [5, 5.41) is 19.4. The van der Waals surface area contributed by atoms with Gasteiger partial charge in [0.15, 0.2) is 17.5 Å². The monoisotopic (exact) mass is 488 g/mol. The van der Waals surface area contributed by atoms with E-state index in [2.05, 4.69) is 40.8 Å². The van der Waals surface area contributed by atoms with Gasteiger partial charge in [-0.05, 0) is 22.6 Å². The molecule has 0 unspecified atom stereocenters. The molecule has 0 radical (unpaired) electrons. The second-order valence-electron chi connectivity index (χ2n) is 7.92. The van der Waals surface area contributed by atoms with Crippen LogP contribution in [0.25, 0.3) is 22.5 Å². The zero-order valence-electron chi connectivity index (χ0n) is 18.6. The van der Waals surface area contributed by atoms with E-state index < -0.39 is 17.5 Å². The number of nitrogens with zero attached hydrogens (tertiary/aromatic N) is 11. The Kier molecular flexibility index (Phi) is 5.13. The predicted molar refractivity (Wildman–Crippen MR) is 121 cm³/mol. The van der Waals surface area contributed by atoms with Gasteiger partial charge in [0.1, 0.15) is 0 Å². The van der Waals surface area contributed by atoms with Gasteiger partial charge in [-0.2, -0.15) is 4.68 Å². The molecule has 1 amide bonds. The first-order valence-corrected chi connectivity index (χ1v) is 10.9. The van der Waals surface area contributed by atoms with Crippen LogP contribution in [-0.2, 0) is 4.79 Å². The number of fused-ring (bicyclic) bond motifs is 1. The number of hydrogen-bond acceptors (Lipinski definition) is 10. The number of tetrazole rings is 1. The molecule has 5 aromatic rings. The van der Waals surface area contributed by atoms with Crippen molar-refractivity contribution in [3.05, 3.63) is 60.6 Å². The second kappa shape index (κ2) is 8.61. The first-order chi connectivity index (χ1) is 17.6. The van der Waals surface area contributed by atoms with Gasteiger partial charge in [0, 0.05) is 38.6 Å². The van der Waals surface area contributed by atoms with Crippen molar-refractivity contribution >= 4 is 28.5 Å². The Hall–Kier alpha value is -5.08. The number of hydrogen-bond donors (Lipinski definition) is 1. The standard InChI is InChI=1S/C21H17FN12O2/c22-14-12-25-19(33-6-5-26-29-33)17-16(14)13(11-24-17)18(35)20(36)31-7-9-32(10-8-31)21-27-28-30-34(21)15-3-1-2-4-23-15/h1-6,11-12,24H,7-10H2. The van der Waals surface area contributed by atoms with Crippen molar-refractivity contribution in [2.24, 2.45) is 0 Å². The quantitative estimate of drug-likeness (QED) is 0.267. The van der Waals surface area contributed by atoms with Gasteiger partial charge in [0.2, 0.25) is 0 Å². The highest BCUT2D eigenvalue weighted by atomic mass is 19.1. The third-order valence-corrected chi connectivity index (χ3v) is 5.89. The molecule has 36 heavy (non-hydrogen) atoms. The number of aromatic amines is 1. The summed E-state index contributed by atoms with van der Waals surface area (Å²) < 4.78 is 17.6. The van der Waals surface area contributed by atoms with Crippen LogP contribution in [0.1, 0.15) is 10.4 Å². The van der Waals surface area contributed by atoms with Gasteiger partial charge in [-0.25, -0.2) is 19.0 Å². The van der Waals surface area contributed by atoms with E-state index in [9.17, 15) is 14.0 Å². The zero-order valence-corrected chi connectivity index (χ0v) is 18.6. The highest BCUT2D eigenvalue weighted by Gasteiger charge is 2.31. The summed E-state index contributed by atoms with van der Waals surface area (Å²) in [5.41, 5.74) is 0.167. The number of anilines is 1. The van der Waals surface area contributed by atoms with Crippen LogP contribution < -0.4 is 4.90 Å². The largest absolute Gasteiger partial charge is 0.357 e. The molecule has 6 rings (SSSR count). The molecule has 1 aliphatic rings. The van der Waals surface area contributed by atoms with E-state index in [-0.39, 0.29) is 35.4 Å². The number of pyridine rings is 2. The van der Waals surface area contributed by atoms with Gasteiger partial charge in [-0.3, -0.25) is 9.59 Å². The van der Waals surface area contributed by atoms with E-state index >= 15 is 0 Å². The lowest BCUT2D eigenvalue weighted by atomic mass is 10.1. The number of ketones is 1. The zero-order chi connectivity index (χ0) is 24.6. The third kappa shape index (κ3) is 3.53. The molecule has 1 saturated heterocycles. The number of H-pyrrole nitrogens is 1. The topological polar surface area (TPSA) is 156 Å². The Morgan fingerprint density at radius 1 is 1.03 bits per heavy atom. The Morgan fingerprint density at radius 2 is 1.89 bits per heavy atom. The molecule has 15 heteroatoms. The number of piperazine rings is 1. The van der Waals surface area contributed by atoms with E-state index in [1.54, 1.807) is 18.3 Å². The van der Waals surface area contributed by atoms with Crippen LogP contribution in [0.5, 0.6) is 0 Å². The predicted octanol–water partition coefficient (Wildman–Crippen LogP) is 0.185. The molecule has 14 nitrogen and oxygen atoms in total.